The number of carbonyl (C=O) groups is 2. The number of carbonyl (C=O) groups excluding carboxylic acids is 2. The van der Waals surface area contributed by atoms with E-state index in [1.165, 1.54) is 30.3 Å². The lowest BCUT2D eigenvalue weighted by Crippen LogP contribution is -2.46. The highest BCUT2D eigenvalue weighted by Gasteiger charge is 2.46. The third kappa shape index (κ3) is 3.00. The van der Waals surface area contributed by atoms with Crippen LogP contribution in [0, 0.1) is 22.9 Å². The van der Waals surface area contributed by atoms with Gasteiger partial charge in [0.25, 0.3) is 11.6 Å². The smallest absolute Gasteiger partial charge is 0.269 e. The summed E-state index contributed by atoms with van der Waals surface area (Å²) >= 11 is 0. The molecule has 0 spiro atoms. The molecule has 0 bridgehead atoms. The summed E-state index contributed by atoms with van der Waals surface area (Å²) in [4.78, 5) is 43.2. The Hall–Kier alpha value is -3.59. The Morgan fingerprint density at radius 2 is 1.97 bits per heavy atom. The van der Waals surface area contributed by atoms with Gasteiger partial charge in [-0.05, 0) is 55.7 Å². The minimum atomic E-state index is -0.622. The summed E-state index contributed by atoms with van der Waals surface area (Å²) in [5.41, 5.74) is 3.61. The third-order valence-electron chi connectivity index (χ3n) is 6.59. The molecule has 2 atom stereocenters. The fourth-order valence-electron chi connectivity index (χ4n) is 5.03. The molecule has 8 nitrogen and oxygen atoms in total. The summed E-state index contributed by atoms with van der Waals surface area (Å²) in [6, 6.07) is 7.99. The normalized spacial score (nSPS) is 21.4. The van der Waals surface area contributed by atoms with Crippen LogP contribution < -0.4 is 4.90 Å². The Morgan fingerprint density at radius 1 is 1.19 bits per heavy atom. The number of fused-ring (bicyclic) bond motifs is 3. The predicted octanol–water partition coefficient (Wildman–Crippen LogP) is 3.77. The van der Waals surface area contributed by atoms with Crippen LogP contribution in [-0.2, 0) is 16.0 Å². The van der Waals surface area contributed by atoms with Crippen molar-refractivity contribution in [2.75, 3.05) is 11.4 Å². The number of nitro benzene ring substituents is 1. The molecule has 3 heterocycles. The zero-order chi connectivity index (χ0) is 22.7. The molecule has 3 aromatic rings. The molecule has 1 fully saturated rings. The number of anilines is 1. The van der Waals surface area contributed by atoms with E-state index in [0.717, 1.165) is 27.1 Å². The summed E-state index contributed by atoms with van der Waals surface area (Å²) < 4.78 is 13.8. The van der Waals surface area contributed by atoms with Crippen LogP contribution in [0.4, 0.5) is 15.8 Å². The molecule has 2 unspecified atom stereocenters. The number of hydrogen-bond acceptors (Lipinski definition) is 5. The summed E-state index contributed by atoms with van der Waals surface area (Å²) in [5.74, 6) is -0.946. The van der Waals surface area contributed by atoms with E-state index in [1.54, 1.807) is 13.0 Å². The molecule has 0 aliphatic carbocycles. The van der Waals surface area contributed by atoms with Crippen molar-refractivity contribution in [3.05, 3.63) is 69.2 Å². The zero-order valence-corrected chi connectivity index (χ0v) is 17.6. The van der Waals surface area contributed by atoms with Crippen LogP contribution in [0.1, 0.15) is 36.2 Å². The maximum atomic E-state index is 13.8. The molecule has 2 aliphatic rings. The number of H-pyrrole nitrogens is 1. The van der Waals surface area contributed by atoms with E-state index in [1.807, 2.05) is 11.8 Å². The first-order chi connectivity index (χ1) is 15.3. The number of halogens is 1. The monoisotopic (exact) mass is 436 g/mol. The predicted molar refractivity (Wildman–Crippen MR) is 116 cm³/mol. The number of non-ortho nitro benzene ring substituents is 1. The minimum Gasteiger partial charge on any atom is -0.357 e. The molecule has 2 aromatic carbocycles. The van der Waals surface area contributed by atoms with E-state index < -0.39 is 11.0 Å². The van der Waals surface area contributed by atoms with Crippen LogP contribution in [0.3, 0.4) is 0 Å². The van der Waals surface area contributed by atoms with Crippen LogP contribution in [0.15, 0.2) is 36.4 Å². The molecule has 1 aromatic heterocycles. The summed E-state index contributed by atoms with van der Waals surface area (Å²) in [6.07, 6.45) is 0.682. The molecule has 164 valence electrons. The van der Waals surface area contributed by atoms with Gasteiger partial charge < -0.3 is 4.98 Å². The van der Waals surface area contributed by atoms with Gasteiger partial charge in [0.1, 0.15) is 5.82 Å². The Bertz CT molecular complexity index is 1300. The molecule has 2 amide bonds. The number of amides is 2. The number of nitro groups is 1. The van der Waals surface area contributed by atoms with E-state index in [2.05, 4.69) is 4.98 Å². The number of aromatic nitrogens is 1. The Kier molecular flexibility index (Phi) is 4.59. The molecule has 0 saturated carbocycles. The molecule has 1 saturated heterocycles. The van der Waals surface area contributed by atoms with E-state index in [4.69, 9.17) is 0 Å². The van der Waals surface area contributed by atoms with Crippen molar-refractivity contribution < 1.29 is 18.9 Å². The number of aromatic amines is 1. The molecule has 5 rings (SSSR count). The van der Waals surface area contributed by atoms with Gasteiger partial charge in [-0.3, -0.25) is 24.6 Å². The van der Waals surface area contributed by atoms with Gasteiger partial charge >= 0.3 is 0 Å². The van der Waals surface area contributed by atoms with Crippen molar-refractivity contribution >= 4 is 34.1 Å². The number of hydrogen-bond donors (Lipinski definition) is 1. The number of nitrogens with one attached hydrogen (secondary N) is 1. The number of nitrogens with zero attached hydrogens (tertiary/aromatic N) is 3. The van der Waals surface area contributed by atoms with Crippen LogP contribution in [0.5, 0.6) is 0 Å². The van der Waals surface area contributed by atoms with E-state index >= 15 is 0 Å². The van der Waals surface area contributed by atoms with Gasteiger partial charge in [0.05, 0.1) is 23.1 Å². The van der Waals surface area contributed by atoms with Gasteiger partial charge in [0.2, 0.25) is 5.91 Å². The van der Waals surface area contributed by atoms with E-state index in [-0.39, 0.29) is 35.8 Å². The Balaban J connectivity index is 1.45. The van der Waals surface area contributed by atoms with Crippen molar-refractivity contribution in [3.63, 3.8) is 0 Å². The molecule has 32 heavy (non-hydrogen) atoms. The quantitative estimate of drug-likeness (QED) is 0.383. The maximum Gasteiger partial charge on any atom is 0.269 e. The summed E-state index contributed by atoms with van der Waals surface area (Å²) in [6.45, 7) is 4.19. The topological polar surface area (TPSA) is 99.5 Å². The van der Waals surface area contributed by atoms with Crippen molar-refractivity contribution in [2.45, 2.75) is 38.8 Å². The second kappa shape index (κ2) is 7.23. The third-order valence-corrected chi connectivity index (χ3v) is 6.59. The van der Waals surface area contributed by atoms with Crippen molar-refractivity contribution in [3.8, 4) is 0 Å². The highest BCUT2D eigenvalue weighted by atomic mass is 19.1. The van der Waals surface area contributed by atoms with Crippen LogP contribution in [-0.4, -0.2) is 39.2 Å². The number of benzene rings is 2. The summed E-state index contributed by atoms with van der Waals surface area (Å²) in [7, 11) is 0. The zero-order valence-electron chi connectivity index (χ0n) is 17.6. The second-order valence-electron chi connectivity index (χ2n) is 8.39. The maximum absolute atomic E-state index is 13.8. The molecular weight excluding hydrogens is 415 g/mol. The lowest BCUT2D eigenvalue weighted by atomic mass is 9.96. The molecule has 9 heteroatoms. The minimum absolute atomic E-state index is 0.0454. The summed E-state index contributed by atoms with van der Waals surface area (Å²) in [5, 5.41) is 11.9. The molecule has 2 aliphatic heterocycles. The first-order valence-electron chi connectivity index (χ1n) is 10.4. The fourth-order valence-corrected chi connectivity index (χ4v) is 5.03. The van der Waals surface area contributed by atoms with Gasteiger partial charge in [-0.25, -0.2) is 9.29 Å². The fraction of sp³-hybridized carbons (Fsp3) is 0.304. The van der Waals surface area contributed by atoms with Crippen LogP contribution >= 0.6 is 0 Å². The van der Waals surface area contributed by atoms with Gasteiger partial charge in [-0.1, -0.05) is 0 Å². The first kappa shape index (κ1) is 20.3. The number of aryl methyl sites for hydroxylation is 1. The standard InChI is InChI=1S/C23H21FN4O4/c1-12-9-15(28(31)32)4-6-19(12)27-21(29)11-20(23(27)30)26-8-7-16-17-10-14(24)3-5-18(17)25-22(16)13(26)2/h3-6,9-10,13,20,25H,7-8,11H2,1-2H3. The largest absolute Gasteiger partial charge is 0.357 e. The van der Waals surface area contributed by atoms with Crippen LogP contribution in [0.25, 0.3) is 10.9 Å². The van der Waals surface area contributed by atoms with Crippen molar-refractivity contribution in [1.29, 1.82) is 0 Å². The van der Waals surface area contributed by atoms with Gasteiger partial charge in [-0.15, -0.1) is 0 Å². The van der Waals surface area contributed by atoms with E-state index in [0.29, 0.717) is 24.2 Å². The van der Waals surface area contributed by atoms with Gasteiger partial charge in [0.15, 0.2) is 0 Å². The van der Waals surface area contributed by atoms with E-state index in [9.17, 15) is 24.1 Å². The lowest BCUT2D eigenvalue weighted by molar-refractivity contribution is -0.384. The first-order valence-corrected chi connectivity index (χ1v) is 10.4. The lowest BCUT2D eigenvalue weighted by Gasteiger charge is -2.36. The Labute approximate surface area is 182 Å². The average molecular weight is 436 g/mol. The van der Waals surface area contributed by atoms with Crippen molar-refractivity contribution in [2.24, 2.45) is 0 Å². The van der Waals surface area contributed by atoms with Crippen molar-refractivity contribution in [1.82, 2.24) is 9.88 Å². The SMILES string of the molecule is Cc1cc([N+](=O)[O-])ccc1N1C(=O)CC(N2CCc3c([nH]c4ccc(F)cc34)C2C)C1=O. The molecule has 1 N–H and O–H groups in total. The van der Waals surface area contributed by atoms with Gasteiger partial charge in [0, 0.05) is 41.3 Å². The Morgan fingerprint density at radius 3 is 2.69 bits per heavy atom. The van der Waals surface area contributed by atoms with Crippen LogP contribution in [0.2, 0.25) is 0 Å². The van der Waals surface area contributed by atoms with Gasteiger partial charge in [-0.2, -0.15) is 0 Å². The molecular formula is C23H21FN4O4. The average Bonchev–Trinajstić information content (AvgIpc) is 3.26. The second-order valence-corrected chi connectivity index (χ2v) is 8.39. The molecule has 0 radical (unpaired) electrons. The number of rotatable bonds is 3. The highest BCUT2D eigenvalue weighted by Crippen LogP contribution is 2.38. The highest BCUT2D eigenvalue weighted by molar-refractivity contribution is 6.22. The number of imide groups is 1.